The number of nitrogens with zero attached hydrogens (tertiary/aromatic N) is 5. The van der Waals surface area contributed by atoms with Gasteiger partial charge < -0.3 is 10.6 Å². The lowest BCUT2D eigenvalue weighted by atomic mass is 10.00. The molecule has 1 aromatic rings. The van der Waals surface area contributed by atoms with Crippen molar-refractivity contribution in [1.29, 1.82) is 15.8 Å². The van der Waals surface area contributed by atoms with Gasteiger partial charge in [0.2, 0.25) is 0 Å². The van der Waals surface area contributed by atoms with Crippen molar-refractivity contribution in [2.75, 3.05) is 23.7 Å². The molecule has 0 saturated carbocycles. The molecule has 6 heteroatoms. The highest BCUT2D eigenvalue weighted by atomic mass is 15.2. The van der Waals surface area contributed by atoms with Crippen LogP contribution in [-0.4, -0.2) is 18.1 Å². The van der Waals surface area contributed by atoms with Crippen LogP contribution in [0.2, 0.25) is 0 Å². The van der Waals surface area contributed by atoms with Gasteiger partial charge in [-0.15, -0.1) is 0 Å². The Labute approximate surface area is 117 Å². The third-order valence-corrected chi connectivity index (χ3v) is 3.44. The largest absolute Gasteiger partial charge is 0.383 e. The monoisotopic (exact) mass is 266 g/mol. The highest BCUT2D eigenvalue weighted by Gasteiger charge is 2.23. The predicted molar refractivity (Wildman–Crippen MR) is 73.5 cm³/mol. The number of hydrogen-bond acceptors (Lipinski definition) is 6. The maximum Gasteiger partial charge on any atom is 0.149 e. The van der Waals surface area contributed by atoms with Crippen molar-refractivity contribution in [1.82, 2.24) is 4.98 Å². The molecule has 0 aromatic carbocycles. The van der Waals surface area contributed by atoms with Crippen LogP contribution in [0.25, 0.3) is 0 Å². The first-order valence-electron chi connectivity index (χ1n) is 6.47. The number of nitrogens with two attached hydrogens (primary N) is 1. The zero-order chi connectivity index (χ0) is 14.5. The van der Waals surface area contributed by atoms with Crippen LogP contribution in [0.15, 0.2) is 0 Å². The molecule has 20 heavy (non-hydrogen) atoms. The topological polar surface area (TPSA) is 114 Å². The Morgan fingerprint density at radius 3 is 2.25 bits per heavy atom. The first-order valence-corrected chi connectivity index (χ1v) is 6.47. The summed E-state index contributed by atoms with van der Waals surface area (Å²) in [6, 6.07) is 6.02. The summed E-state index contributed by atoms with van der Waals surface area (Å²) in [4.78, 5) is 6.24. The van der Waals surface area contributed by atoms with Gasteiger partial charge in [-0.1, -0.05) is 0 Å². The molecule has 100 valence electrons. The van der Waals surface area contributed by atoms with Crippen LogP contribution in [0.1, 0.15) is 36.0 Å². The number of piperidine rings is 1. The fourth-order valence-electron chi connectivity index (χ4n) is 2.47. The maximum absolute atomic E-state index is 9.39. The summed E-state index contributed by atoms with van der Waals surface area (Å²) in [6.07, 6.45) is 3.23. The number of aromatic nitrogens is 1. The van der Waals surface area contributed by atoms with Crippen LogP contribution in [0.4, 0.5) is 11.6 Å². The normalized spacial score (nSPS) is 14.2. The van der Waals surface area contributed by atoms with Gasteiger partial charge in [0.05, 0.1) is 18.1 Å². The second-order valence-corrected chi connectivity index (χ2v) is 4.66. The Morgan fingerprint density at radius 2 is 1.70 bits per heavy atom. The Kier molecular flexibility index (Phi) is 4.03. The van der Waals surface area contributed by atoms with E-state index in [-0.39, 0.29) is 17.8 Å². The second kappa shape index (κ2) is 5.91. The summed E-state index contributed by atoms with van der Waals surface area (Å²) in [5.74, 6) is 0.603. The molecule has 1 aliphatic rings. The first-order chi connectivity index (χ1) is 9.72. The SMILES string of the molecule is N#CCc1c(C#N)c(N)nc(N2CCCCC2)c1C#N. The lowest BCUT2D eigenvalue weighted by Crippen LogP contribution is -2.31. The summed E-state index contributed by atoms with van der Waals surface area (Å²) >= 11 is 0. The van der Waals surface area contributed by atoms with Gasteiger partial charge >= 0.3 is 0 Å². The summed E-state index contributed by atoms with van der Waals surface area (Å²) in [6.45, 7) is 1.64. The van der Waals surface area contributed by atoms with Crippen molar-refractivity contribution < 1.29 is 0 Å². The third kappa shape index (κ3) is 2.35. The number of hydrogen-bond donors (Lipinski definition) is 1. The van der Waals surface area contributed by atoms with E-state index in [9.17, 15) is 5.26 Å². The highest BCUT2D eigenvalue weighted by Crippen LogP contribution is 2.29. The van der Waals surface area contributed by atoms with Crippen LogP contribution in [0, 0.1) is 34.0 Å². The van der Waals surface area contributed by atoms with Crippen LogP contribution >= 0.6 is 0 Å². The van der Waals surface area contributed by atoms with Gasteiger partial charge in [-0.2, -0.15) is 15.8 Å². The smallest absolute Gasteiger partial charge is 0.149 e. The summed E-state index contributed by atoms with van der Waals surface area (Å²) in [5.41, 5.74) is 6.66. The molecule has 2 N–H and O–H groups in total. The Hall–Kier alpha value is -2.78. The molecule has 0 unspecified atom stereocenters. The Balaban J connectivity index is 2.61. The van der Waals surface area contributed by atoms with Gasteiger partial charge in [0.15, 0.2) is 0 Å². The molecule has 1 aliphatic heterocycles. The van der Waals surface area contributed by atoms with Crippen LogP contribution in [0.5, 0.6) is 0 Å². The van der Waals surface area contributed by atoms with Crippen LogP contribution in [-0.2, 0) is 6.42 Å². The number of anilines is 2. The van der Waals surface area contributed by atoms with E-state index in [0.717, 1.165) is 32.4 Å². The minimum atomic E-state index is -0.0145. The van der Waals surface area contributed by atoms with E-state index in [0.29, 0.717) is 16.9 Å². The quantitative estimate of drug-likeness (QED) is 0.866. The molecule has 1 saturated heterocycles. The molecule has 1 fully saturated rings. The molecule has 2 heterocycles. The molecule has 0 atom stereocenters. The molecule has 0 spiro atoms. The molecule has 1 aromatic heterocycles. The Bertz CT molecular complexity index is 638. The number of rotatable bonds is 2. The third-order valence-electron chi connectivity index (χ3n) is 3.44. The molecule has 0 amide bonds. The van der Waals surface area contributed by atoms with Gasteiger partial charge in [-0.25, -0.2) is 4.98 Å². The van der Waals surface area contributed by atoms with E-state index in [4.69, 9.17) is 16.3 Å². The predicted octanol–water partition coefficient (Wildman–Crippen LogP) is 1.46. The minimum Gasteiger partial charge on any atom is -0.383 e. The number of nitrogen functional groups attached to an aromatic ring is 1. The summed E-state index contributed by atoms with van der Waals surface area (Å²) in [7, 11) is 0. The van der Waals surface area contributed by atoms with Crippen LogP contribution < -0.4 is 10.6 Å². The fourth-order valence-corrected chi connectivity index (χ4v) is 2.47. The average molecular weight is 266 g/mol. The van der Waals surface area contributed by atoms with Gasteiger partial charge in [0, 0.05) is 18.7 Å². The number of nitriles is 3. The molecule has 0 bridgehead atoms. The molecular formula is C14H14N6. The Morgan fingerprint density at radius 1 is 1.05 bits per heavy atom. The lowest BCUT2D eigenvalue weighted by molar-refractivity contribution is 0.573. The zero-order valence-corrected chi connectivity index (χ0v) is 11.1. The van der Waals surface area contributed by atoms with Crippen LogP contribution in [0.3, 0.4) is 0 Å². The van der Waals surface area contributed by atoms with Crippen molar-refractivity contribution in [3.05, 3.63) is 16.7 Å². The van der Waals surface area contributed by atoms with Crippen molar-refractivity contribution in [3.63, 3.8) is 0 Å². The summed E-state index contributed by atoms with van der Waals surface area (Å²) < 4.78 is 0. The van der Waals surface area contributed by atoms with Gasteiger partial charge in [0.1, 0.15) is 29.3 Å². The minimum absolute atomic E-state index is 0.0145. The van der Waals surface area contributed by atoms with Crippen molar-refractivity contribution in [2.45, 2.75) is 25.7 Å². The number of pyridine rings is 1. The van der Waals surface area contributed by atoms with E-state index in [1.165, 1.54) is 0 Å². The van der Waals surface area contributed by atoms with Gasteiger partial charge in [-0.05, 0) is 19.3 Å². The van der Waals surface area contributed by atoms with Gasteiger partial charge in [-0.3, -0.25) is 0 Å². The molecule has 2 rings (SSSR count). The van der Waals surface area contributed by atoms with Crippen molar-refractivity contribution in [2.24, 2.45) is 0 Å². The lowest BCUT2D eigenvalue weighted by Gasteiger charge is -2.29. The van der Waals surface area contributed by atoms with Crippen molar-refractivity contribution in [3.8, 4) is 18.2 Å². The second-order valence-electron chi connectivity index (χ2n) is 4.66. The zero-order valence-electron chi connectivity index (χ0n) is 11.1. The molecule has 0 radical (unpaired) electrons. The first kappa shape index (κ1) is 13.6. The molecule has 6 nitrogen and oxygen atoms in total. The van der Waals surface area contributed by atoms with Crippen molar-refractivity contribution >= 4 is 11.6 Å². The highest BCUT2D eigenvalue weighted by molar-refractivity contribution is 5.68. The van der Waals surface area contributed by atoms with E-state index in [1.54, 1.807) is 0 Å². The fraction of sp³-hybridized carbons (Fsp3) is 0.429. The van der Waals surface area contributed by atoms with Gasteiger partial charge in [0.25, 0.3) is 0 Å². The average Bonchev–Trinajstić information content (AvgIpc) is 2.48. The molecular weight excluding hydrogens is 252 g/mol. The van der Waals surface area contributed by atoms with E-state index < -0.39 is 0 Å². The summed E-state index contributed by atoms with van der Waals surface area (Å²) in [5, 5.41) is 27.4. The molecule has 0 aliphatic carbocycles. The standard InChI is InChI=1S/C14H14N6/c15-5-4-10-11(8-16)13(18)19-14(12(10)9-17)20-6-2-1-3-7-20/h1-4,6-7H2,(H2,18,19). The van der Waals surface area contributed by atoms with E-state index in [1.807, 2.05) is 17.0 Å². The van der Waals surface area contributed by atoms with E-state index >= 15 is 0 Å². The maximum atomic E-state index is 9.39. The van der Waals surface area contributed by atoms with E-state index in [2.05, 4.69) is 11.1 Å².